The molecule has 0 unspecified atom stereocenters. The summed E-state index contributed by atoms with van der Waals surface area (Å²) in [4.78, 5) is 23.2. The summed E-state index contributed by atoms with van der Waals surface area (Å²) in [5, 5.41) is 3.29. The van der Waals surface area contributed by atoms with Crippen molar-refractivity contribution in [2.75, 3.05) is 6.61 Å². The number of rotatable bonds is 6. The number of nitrogens with one attached hydrogen (secondary N) is 1. The third-order valence-corrected chi connectivity index (χ3v) is 5.29. The molecule has 0 aromatic heterocycles. The molecule has 0 bridgehead atoms. The number of ether oxygens (including phenoxy) is 2. The summed E-state index contributed by atoms with van der Waals surface area (Å²) >= 11 is 15.9. The highest BCUT2D eigenvalue weighted by Crippen LogP contribution is 2.39. The van der Waals surface area contributed by atoms with Crippen molar-refractivity contribution in [1.29, 1.82) is 0 Å². The Morgan fingerprint density at radius 2 is 1.89 bits per heavy atom. The van der Waals surface area contributed by atoms with Crippen LogP contribution in [0, 0.1) is 0 Å². The molecule has 2 aromatic rings. The topological polar surface area (TPSA) is 64.6 Å². The van der Waals surface area contributed by atoms with Crippen molar-refractivity contribution in [3.05, 3.63) is 61.5 Å². The van der Waals surface area contributed by atoms with Crippen LogP contribution >= 0.6 is 39.1 Å². The lowest BCUT2D eigenvalue weighted by Gasteiger charge is -2.16. The summed E-state index contributed by atoms with van der Waals surface area (Å²) < 4.78 is 12.3. The van der Waals surface area contributed by atoms with Gasteiger partial charge in [0.2, 0.25) is 5.91 Å². The molecule has 0 saturated carbocycles. The van der Waals surface area contributed by atoms with Crippen LogP contribution in [0.4, 0.5) is 0 Å². The molecule has 2 aromatic carbocycles. The lowest BCUT2D eigenvalue weighted by atomic mass is 10.1. The van der Waals surface area contributed by atoms with E-state index in [0.717, 1.165) is 0 Å². The highest BCUT2D eigenvalue weighted by molar-refractivity contribution is 9.10. The fourth-order valence-corrected chi connectivity index (χ4v) is 3.79. The molecule has 0 aliphatic carbocycles. The molecule has 1 fully saturated rings. The number of benzene rings is 2. The van der Waals surface area contributed by atoms with E-state index >= 15 is 0 Å². The van der Waals surface area contributed by atoms with Crippen LogP contribution in [0.25, 0.3) is 6.08 Å². The van der Waals surface area contributed by atoms with E-state index in [2.05, 4.69) is 21.2 Å². The molecule has 5 nitrogen and oxygen atoms in total. The Morgan fingerprint density at radius 3 is 2.50 bits per heavy atom. The van der Waals surface area contributed by atoms with Gasteiger partial charge in [0.05, 0.1) is 17.5 Å². The van der Waals surface area contributed by atoms with Crippen LogP contribution in [0.3, 0.4) is 0 Å². The van der Waals surface area contributed by atoms with Gasteiger partial charge >= 0.3 is 0 Å². The van der Waals surface area contributed by atoms with Gasteiger partial charge in [0.15, 0.2) is 11.5 Å². The number of amides is 2. The van der Waals surface area contributed by atoms with E-state index < -0.39 is 0 Å². The summed E-state index contributed by atoms with van der Waals surface area (Å²) in [6.07, 6.45) is 1.71. The molecule has 8 heteroatoms. The number of imide groups is 1. The Morgan fingerprint density at radius 1 is 1.18 bits per heavy atom. The van der Waals surface area contributed by atoms with Crippen LogP contribution in [0.5, 0.6) is 11.5 Å². The second-order valence-electron chi connectivity index (χ2n) is 5.98. The van der Waals surface area contributed by atoms with Crippen LogP contribution in [-0.2, 0) is 16.2 Å². The highest BCUT2D eigenvalue weighted by Gasteiger charge is 2.24. The van der Waals surface area contributed by atoms with Crippen molar-refractivity contribution in [1.82, 2.24) is 5.32 Å². The molecule has 0 spiro atoms. The minimum atomic E-state index is -0.382. The summed E-state index contributed by atoms with van der Waals surface area (Å²) in [5.41, 5.74) is 1.78. The summed E-state index contributed by atoms with van der Waals surface area (Å²) in [6.45, 7) is 2.44. The maximum atomic E-state index is 11.8. The monoisotopic (exact) mass is 483 g/mol. The molecular formula is C20H16BrCl2NO4. The fourth-order valence-electron chi connectivity index (χ4n) is 2.71. The van der Waals surface area contributed by atoms with Gasteiger partial charge in [-0.05, 0) is 58.8 Å². The maximum Gasteiger partial charge on any atom is 0.254 e. The van der Waals surface area contributed by atoms with E-state index in [1.54, 1.807) is 36.4 Å². The Kier molecular flexibility index (Phi) is 6.65. The van der Waals surface area contributed by atoms with Gasteiger partial charge < -0.3 is 9.47 Å². The summed E-state index contributed by atoms with van der Waals surface area (Å²) in [5.74, 6) is 0.299. The van der Waals surface area contributed by atoms with Crippen molar-refractivity contribution < 1.29 is 19.1 Å². The van der Waals surface area contributed by atoms with Crippen LogP contribution in [0.2, 0.25) is 10.0 Å². The first-order valence-electron chi connectivity index (χ1n) is 8.45. The zero-order valence-electron chi connectivity index (χ0n) is 14.9. The standard InChI is InChI=1S/C20H16BrCl2NO4/c1-2-27-17-8-11(6-12-9-18(25)24-20(12)26)7-14(21)19(17)28-10-13-15(22)4-3-5-16(13)23/h3-8H,2,9-10H2,1H3,(H,24,25,26). The van der Waals surface area contributed by atoms with Crippen molar-refractivity contribution in [3.8, 4) is 11.5 Å². The minimum absolute atomic E-state index is 0.0592. The molecule has 1 aliphatic rings. The number of hydrogen-bond donors (Lipinski definition) is 1. The SMILES string of the molecule is CCOc1cc(C=C2CC(=O)NC2=O)cc(Br)c1OCc1c(Cl)cccc1Cl. The number of halogens is 3. The molecule has 3 rings (SSSR count). The third kappa shape index (κ3) is 4.69. The van der Waals surface area contributed by atoms with Gasteiger partial charge in [-0.15, -0.1) is 0 Å². The quantitative estimate of drug-likeness (QED) is 0.454. The first-order valence-corrected chi connectivity index (χ1v) is 10.0. The van der Waals surface area contributed by atoms with Crippen LogP contribution < -0.4 is 14.8 Å². The van der Waals surface area contributed by atoms with E-state index in [1.807, 2.05) is 6.92 Å². The first kappa shape index (κ1) is 20.7. The van der Waals surface area contributed by atoms with Crippen molar-refractivity contribution in [3.63, 3.8) is 0 Å². The lowest BCUT2D eigenvalue weighted by Crippen LogP contribution is -2.19. The van der Waals surface area contributed by atoms with E-state index in [9.17, 15) is 9.59 Å². The smallest absolute Gasteiger partial charge is 0.254 e. The molecule has 1 heterocycles. The predicted octanol–water partition coefficient (Wildman–Crippen LogP) is 5.16. The molecule has 1 N–H and O–H groups in total. The van der Waals surface area contributed by atoms with Gasteiger partial charge in [-0.2, -0.15) is 0 Å². The van der Waals surface area contributed by atoms with Crippen LogP contribution in [-0.4, -0.2) is 18.4 Å². The Labute approximate surface area is 180 Å². The molecule has 28 heavy (non-hydrogen) atoms. The Balaban J connectivity index is 1.90. The summed E-state index contributed by atoms with van der Waals surface area (Å²) in [7, 11) is 0. The van der Waals surface area contributed by atoms with Gasteiger partial charge in [0.1, 0.15) is 6.61 Å². The zero-order chi connectivity index (χ0) is 20.3. The molecule has 1 saturated heterocycles. The normalized spacial score (nSPS) is 15.1. The molecule has 2 amide bonds. The van der Waals surface area contributed by atoms with Gasteiger partial charge in [-0.3, -0.25) is 14.9 Å². The fraction of sp³-hybridized carbons (Fsp3) is 0.200. The van der Waals surface area contributed by atoms with E-state index in [-0.39, 0.29) is 24.8 Å². The lowest BCUT2D eigenvalue weighted by molar-refractivity contribution is -0.124. The molecule has 1 aliphatic heterocycles. The third-order valence-electron chi connectivity index (χ3n) is 3.99. The van der Waals surface area contributed by atoms with Crippen molar-refractivity contribution >= 4 is 57.0 Å². The highest BCUT2D eigenvalue weighted by atomic mass is 79.9. The second-order valence-corrected chi connectivity index (χ2v) is 7.64. The van der Waals surface area contributed by atoms with Gasteiger partial charge in [0.25, 0.3) is 5.91 Å². The summed E-state index contributed by atoms with van der Waals surface area (Å²) in [6, 6.07) is 8.79. The zero-order valence-corrected chi connectivity index (χ0v) is 18.0. The molecule has 0 radical (unpaired) electrons. The van der Waals surface area contributed by atoms with Crippen LogP contribution in [0.1, 0.15) is 24.5 Å². The predicted molar refractivity (Wildman–Crippen MR) is 112 cm³/mol. The molecule has 0 atom stereocenters. The average molecular weight is 485 g/mol. The van der Waals surface area contributed by atoms with E-state index in [4.69, 9.17) is 32.7 Å². The van der Waals surface area contributed by atoms with Gasteiger partial charge in [-0.25, -0.2) is 0 Å². The van der Waals surface area contributed by atoms with Gasteiger partial charge in [0, 0.05) is 21.2 Å². The minimum Gasteiger partial charge on any atom is -0.490 e. The van der Waals surface area contributed by atoms with Gasteiger partial charge in [-0.1, -0.05) is 29.3 Å². The number of carbonyl (C=O) groups is 2. The van der Waals surface area contributed by atoms with E-state index in [0.29, 0.717) is 49.3 Å². The van der Waals surface area contributed by atoms with Crippen molar-refractivity contribution in [2.45, 2.75) is 20.0 Å². The number of hydrogen-bond acceptors (Lipinski definition) is 4. The van der Waals surface area contributed by atoms with Crippen molar-refractivity contribution in [2.24, 2.45) is 0 Å². The second kappa shape index (κ2) is 8.99. The first-order chi connectivity index (χ1) is 13.4. The maximum absolute atomic E-state index is 11.8. The Bertz CT molecular complexity index is 955. The molecular weight excluding hydrogens is 469 g/mol. The molecule has 146 valence electrons. The van der Waals surface area contributed by atoms with E-state index in [1.165, 1.54) is 0 Å². The number of carbonyl (C=O) groups excluding carboxylic acids is 2. The van der Waals surface area contributed by atoms with Crippen LogP contribution in [0.15, 0.2) is 40.4 Å². The Hall–Kier alpha value is -2.02. The average Bonchev–Trinajstić information content (AvgIpc) is 2.93. The largest absolute Gasteiger partial charge is 0.490 e.